The van der Waals surface area contributed by atoms with Crippen LogP contribution in [0.3, 0.4) is 0 Å². The molecule has 4 saturated carbocycles. The van der Waals surface area contributed by atoms with Gasteiger partial charge in [-0.2, -0.15) is 0 Å². The highest BCUT2D eigenvalue weighted by molar-refractivity contribution is 5.72. The fourth-order valence-electron chi connectivity index (χ4n) is 12.0. The molecule has 2 heterocycles. The topological polar surface area (TPSA) is 85.4 Å². The van der Waals surface area contributed by atoms with Crippen LogP contribution in [-0.2, 0) is 28.6 Å². The number of fused-ring (bicyclic) bond motifs is 5. The lowest BCUT2D eigenvalue weighted by molar-refractivity contribution is -0.199. The molecule has 0 N–H and O–H groups in total. The summed E-state index contributed by atoms with van der Waals surface area (Å²) < 4.78 is 17.8. The molecular weight excluding hydrogens is 592 g/mol. The van der Waals surface area contributed by atoms with E-state index in [1.807, 2.05) is 0 Å². The summed E-state index contributed by atoms with van der Waals surface area (Å²) in [5.41, 5.74) is 0.366. The lowest BCUT2D eigenvalue weighted by Crippen LogP contribution is -2.59. The number of hydrogen-bond donors (Lipinski definition) is 0. The number of methoxy groups -OCH3 is 1. The molecule has 8 nitrogen and oxygen atoms in total. The number of nitrogens with zero attached hydrogens (tertiary/aromatic N) is 2. The van der Waals surface area contributed by atoms with Crippen LogP contribution in [0.4, 0.5) is 0 Å². The second-order valence-electron chi connectivity index (χ2n) is 17.1. The van der Waals surface area contributed by atoms with Crippen molar-refractivity contribution in [3.05, 3.63) is 0 Å². The normalized spacial score (nSPS) is 40.0. The van der Waals surface area contributed by atoms with Crippen LogP contribution in [0, 0.1) is 46.3 Å². The van der Waals surface area contributed by atoms with Crippen LogP contribution in [0.1, 0.15) is 124 Å². The zero-order chi connectivity index (χ0) is 33.2. The van der Waals surface area contributed by atoms with Gasteiger partial charge in [-0.15, -0.1) is 0 Å². The number of rotatable bonds is 10. The van der Waals surface area contributed by atoms with Crippen LogP contribution in [0.25, 0.3) is 0 Å². The molecule has 0 aromatic carbocycles. The quantitative estimate of drug-likeness (QED) is 0.191. The SMILES string of the molecule is COC(=O)CC[C@@H](C)[C@H]1CC[C@H]2[C@@H]3[C@H](OC(=O)CN4CCCCC4)C[C@@H]4C[C@H](OC(=O)CN5CCCCC5)CC[C@]4(C)[C@H]3CC[C@]12C. The largest absolute Gasteiger partial charge is 0.469 e. The summed E-state index contributed by atoms with van der Waals surface area (Å²) in [6, 6.07) is 0. The monoisotopic (exact) mass is 656 g/mol. The van der Waals surface area contributed by atoms with E-state index in [1.54, 1.807) is 0 Å². The molecule has 0 aromatic rings. The Morgan fingerprint density at radius 1 is 0.723 bits per heavy atom. The number of esters is 3. The fourth-order valence-corrected chi connectivity index (χ4v) is 12.0. The third kappa shape index (κ3) is 7.59. The highest BCUT2D eigenvalue weighted by Crippen LogP contribution is 2.69. The van der Waals surface area contributed by atoms with Crippen molar-refractivity contribution in [1.29, 1.82) is 0 Å². The van der Waals surface area contributed by atoms with Crippen molar-refractivity contribution in [2.45, 2.75) is 136 Å². The first-order chi connectivity index (χ1) is 22.6. The van der Waals surface area contributed by atoms with Gasteiger partial charge in [0.25, 0.3) is 0 Å². The van der Waals surface area contributed by atoms with Gasteiger partial charge in [0.05, 0.1) is 20.2 Å². The third-order valence-corrected chi connectivity index (χ3v) is 14.6. The Hall–Kier alpha value is -1.67. The average molecular weight is 657 g/mol. The minimum Gasteiger partial charge on any atom is -0.469 e. The first-order valence-corrected chi connectivity index (χ1v) is 19.5. The van der Waals surface area contributed by atoms with Crippen LogP contribution in [0.15, 0.2) is 0 Å². The standard InChI is InChI=1S/C39H64N2O6/c1-27(11-14-34(42)45-4)30-12-13-31-37-32(16-18-39(30,31)3)38(2)17-15-29(46-35(43)25-40-19-7-5-8-20-40)23-28(38)24-33(37)47-36(44)26-41-21-9-6-10-22-41/h27-33,37H,5-26H2,1-4H3/t27-,28+,29-,30-,31+,32+,33-,37+,38+,39-/m1/s1. The molecule has 6 rings (SSSR count). The first-order valence-electron chi connectivity index (χ1n) is 19.5. The zero-order valence-electron chi connectivity index (χ0n) is 30.0. The molecule has 6 aliphatic rings. The average Bonchev–Trinajstić information content (AvgIpc) is 3.42. The van der Waals surface area contributed by atoms with E-state index >= 15 is 0 Å². The molecule has 6 fully saturated rings. The molecule has 8 heteroatoms. The summed E-state index contributed by atoms with van der Waals surface area (Å²) in [7, 11) is 1.48. The number of likely N-dealkylation sites (tertiary alicyclic amines) is 2. The summed E-state index contributed by atoms with van der Waals surface area (Å²) in [6.07, 6.45) is 17.0. The van der Waals surface area contributed by atoms with E-state index in [9.17, 15) is 14.4 Å². The van der Waals surface area contributed by atoms with Gasteiger partial charge < -0.3 is 14.2 Å². The van der Waals surface area contributed by atoms with Crippen LogP contribution < -0.4 is 0 Å². The van der Waals surface area contributed by atoms with Gasteiger partial charge in [-0.05, 0) is 150 Å². The van der Waals surface area contributed by atoms with Gasteiger partial charge in [0.1, 0.15) is 12.2 Å². The van der Waals surface area contributed by atoms with E-state index in [0.29, 0.717) is 55.0 Å². The van der Waals surface area contributed by atoms with Crippen molar-refractivity contribution in [2.75, 3.05) is 46.4 Å². The lowest BCUT2D eigenvalue weighted by Gasteiger charge is -2.63. The number of ether oxygens (including phenoxy) is 3. The zero-order valence-corrected chi connectivity index (χ0v) is 30.0. The third-order valence-electron chi connectivity index (χ3n) is 14.6. The van der Waals surface area contributed by atoms with Crippen molar-refractivity contribution >= 4 is 17.9 Å². The molecule has 0 aromatic heterocycles. The molecule has 2 aliphatic heterocycles. The van der Waals surface area contributed by atoms with Gasteiger partial charge >= 0.3 is 17.9 Å². The summed E-state index contributed by atoms with van der Waals surface area (Å²) in [6.45, 7) is 12.2. The van der Waals surface area contributed by atoms with E-state index in [-0.39, 0.29) is 40.9 Å². The van der Waals surface area contributed by atoms with Crippen LogP contribution in [0.2, 0.25) is 0 Å². The van der Waals surface area contributed by atoms with Crippen molar-refractivity contribution in [1.82, 2.24) is 9.80 Å². The first kappa shape index (κ1) is 35.2. The summed E-state index contributed by atoms with van der Waals surface area (Å²) in [5, 5.41) is 0. The van der Waals surface area contributed by atoms with Gasteiger partial charge in [0, 0.05) is 12.3 Å². The Balaban J connectivity index is 1.18. The van der Waals surface area contributed by atoms with E-state index in [4.69, 9.17) is 14.2 Å². The maximum Gasteiger partial charge on any atom is 0.320 e. The van der Waals surface area contributed by atoms with Gasteiger partial charge in [0.2, 0.25) is 0 Å². The Labute approximate surface area is 284 Å². The van der Waals surface area contributed by atoms with E-state index in [1.165, 1.54) is 58.5 Å². The molecule has 266 valence electrons. The van der Waals surface area contributed by atoms with Crippen molar-refractivity contribution in [3.8, 4) is 0 Å². The molecule has 4 aliphatic carbocycles. The predicted octanol–water partition coefficient (Wildman–Crippen LogP) is 6.64. The maximum atomic E-state index is 13.6. The summed E-state index contributed by atoms with van der Waals surface area (Å²) in [4.78, 5) is 43.2. The molecule has 0 amide bonds. The Morgan fingerprint density at radius 3 is 1.96 bits per heavy atom. The van der Waals surface area contributed by atoms with Gasteiger partial charge in [-0.25, -0.2) is 0 Å². The Morgan fingerprint density at radius 2 is 1.32 bits per heavy atom. The summed E-state index contributed by atoms with van der Waals surface area (Å²) >= 11 is 0. The molecule has 47 heavy (non-hydrogen) atoms. The molecule has 0 unspecified atom stereocenters. The fraction of sp³-hybridized carbons (Fsp3) is 0.923. The maximum absolute atomic E-state index is 13.6. The highest BCUT2D eigenvalue weighted by Gasteiger charge is 2.64. The van der Waals surface area contributed by atoms with Crippen LogP contribution >= 0.6 is 0 Å². The number of carbonyl (C=O) groups is 3. The Kier molecular flexibility index (Phi) is 11.3. The number of piperidine rings is 2. The van der Waals surface area contributed by atoms with Gasteiger partial charge in [-0.3, -0.25) is 24.2 Å². The Bertz CT molecular complexity index is 1100. The van der Waals surface area contributed by atoms with E-state index in [0.717, 1.165) is 71.1 Å². The van der Waals surface area contributed by atoms with Crippen LogP contribution in [0.5, 0.6) is 0 Å². The molecule has 2 saturated heterocycles. The minimum absolute atomic E-state index is 0.0352. The molecule has 10 atom stereocenters. The predicted molar refractivity (Wildman–Crippen MR) is 181 cm³/mol. The second-order valence-corrected chi connectivity index (χ2v) is 17.1. The van der Waals surface area contributed by atoms with Crippen LogP contribution in [-0.4, -0.2) is 86.3 Å². The van der Waals surface area contributed by atoms with E-state index in [2.05, 4.69) is 30.6 Å². The van der Waals surface area contributed by atoms with Crippen molar-refractivity contribution < 1.29 is 28.6 Å². The highest BCUT2D eigenvalue weighted by atomic mass is 16.6. The van der Waals surface area contributed by atoms with Crippen molar-refractivity contribution in [2.24, 2.45) is 46.3 Å². The van der Waals surface area contributed by atoms with Crippen molar-refractivity contribution in [3.63, 3.8) is 0 Å². The van der Waals surface area contributed by atoms with E-state index < -0.39 is 0 Å². The minimum atomic E-state index is -0.111. The molecular formula is C39H64N2O6. The van der Waals surface area contributed by atoms with Gasteiger partial charge in [-0.1, -0.05) is 33.6 Å². The van der Waals surface area contributed by atoms with Gasteiger partial charge in [0.15, 0.2) is 0 Å². The molecule has 0 spiro atoms. The second kappa shape index (κ2) is 15.1. The summed E-state index contributed by atoms with van der Waals surface area (Å²) in [5.74, 6) is 2.61. The number of carbonyl (C=O) groups excluding carboxylic acids is 3. The smallest absolute Gasteiger partial charge is 0.320 e. The lowest BCUT2D eigenvalue weighted by atomic mass is 9.43. The molecule has 0 radical (unpaired) electrons. The molecule has 0 bridgehead atoms. The number of hydrogen-bond acceptors (Lipinski definition) is 8.